The zero-order valence-electron chi connectivity index (χ0n) is 11.0. The zero-order valence-corrected chi connectivity index (χ0v) is 11.0. The fourth-order valence-corrected chi connectivity index (χ4v) is 2.89. The largest absolute Gasteiger partial charge is 0.382 e. The van der Waals surface area contributed by atoms with Crippen LogP contribution < -0.4 is 5.32 Å². The summed E-state index contributed by atoms with van der Waals surface area (Å²) in [6, 6.07) is 11.4. The Labute approximate surface area is 113 Å². The summed E-state index contributed by atoms with van der Waals surface area (Å²) < 4.78 is 0. The lowest BCUT2D eigenvalue weighted by Crippen LogP contribution is -2.24. The number of hydrogen-bond acceptors (Lipinski definition) is 2. The van der Waals surface area contributed by atoms with Crippen molar-refractivity contribution in [1.29, 1.82) is 0 Å². The summed E-state index contributed by atoms with van der Waals surface area (Å²) in [5.41, 5.74) is 3.52. The molecule has 0 spiro atoms. The summed E-state index contributed by atoms with van der Waals surface area (Å²) in [5.74, 6) is 1.86. The standard InChI is InChI=1S/C16H19N3/c1-2-12(1)16(13-3-4-13)18-14-7-5-11(6-8-14)15-9-10-17-19-15/h5-10,12-13,16,18H,1-4H2,(H,17,19). The second-order valence-electron chi connectivity index (χ2n) is 5.89. The van der Waals surface area contributed by atoms with E-state index in [0.717, 1.165) is 23.6 Å². The molecule has 1 aromatic carbocycles. The lowest BCUT2D eigenvalue weighted by Gasteiger charge is -2.19. The minimum atomic E-state index is 0.720. The lowest BCUT2D eigenvalue weighted by molar-refractivity contribution is 0.568. The van der Waals surface area contributed by atoms with Crippen LogP contribution >= 0.6 is 0 Å². The highest BCUT2D eigenvalue weighted by molar-refractivity contribution is 5.62. The minimum Gasteiger partial charge on any atom is -0.382 e. The van der Waals surface area contributed by atoms with E-state index in [9.17, 15) is 0 Å². The molecule has 0 saturated heterocycles. The van der Waals surface area contributed by atoms with Gasteiger partial charge in [-0.2, -0.15) is 5.10 Å². The molecule has 2 fully saturated rings. The van der Waals surface area contributed by atoms with Crippen LogP contribution in [0.4, 0.5) is 5.69 Å². The van der Waals surface area contributed by atoms with Crippen molar-refractivity contribution in [2.75, 3.05) is 5.32 Å². The second-order valence-corrected chi connectivity index (χ2v) is 5.89. The van der Waals surface area contributed by atoms with E-state index < -0.39 is 0 Å². The summed E-state index contributed by atoms with van der Waals surface area (Å²) in [6.07, 6.45) is 7.46. The van der Waals surface area contributed by atoms with Crippen LogP contribution in [0.5, 0.6) is 0 Å². The van der Waals surface area contributed by atoms with Gasteiger partial charge >= 0.3 is 0 Å². The predicted octanol–water partition coefficient (Wildman–Crippen LogP) is 3.68. The van der Waals surface area contributed by atoms with Gasteiger partial charge in [0.2, 0.25) is 0 Å². The Morgan fingerprint density at radius 3 is 2.21 bits per heavy atom. The summed E-state index contributed by atoms with van der Waals surface area (Å²) in [7, 11) is 0. The first-order valence-corrected chi connectivity index (χ1v) is 7.26. The highest BCUT2D eigenvalue weighted by Gasteiger charge is 2.41. The second kappa shape index (κ2) is 4.41. The highest BCUT2D eigenvalue weighted by Crippen LogP contribution is 2.45. The molecule has 2 N–H and O–H groups in total. The van der Waals surface area contributed by atoms with Crippen molar-refractivity contribution in [3.05, 3.63) is 36.5 Å². The van der Waals surface area contributed by atoms with Crippen molar-refractivity contribution in [2.45, 2.75) is 31.7 Å². The molecule has 1 aromatic heterocycles. The third-order valence-corrected chi connectivity index (χ3v) is 4.29. The molecule has 0 bridgehead atoms. The third-order valence-electron chi connectivity index (χ3n) is 4.29. The van der Waals surface area contributed by atoms with Gasteiger partial charge in [0.25, 0.3) is 0 Å². The van der Waals surface area contributed by atoms with Gasteiger partial charge in [-0.05, 0) is 61.3 Å². The molecular formula is C16H19N3. The fraction of sp³-hybridized carbons (Fsp3) is 0.438. The molecule has 0 radical (unpaired) electrons. The first-order valence-electron chi connectivity index (χ1n) is 7.26. The molecule has 4 rings (SSSR count). The highest BCUT2D eigenvalue weighted by atomic mass is 15.1. The van der Waals surface area contributed by atoms with E-state index in [1.165, 1.54) is 36.9 Å². The Balaban J connectivity index is 1.49. The van der Waals surface area contributed by atoms with Gasteiger partial charge in [0, 0.05) is 17.9 Å². The lowest BCUT2D eigenvalue weighted by atomic mass is 10.1. The number of hydrogen-bond donors (Lipinski definition) is 2. The van der Waals surface area contributed by atoms with E-state index in [2.05, 4.69) is 39.8 Å². The molecule has 0 unspecified atom stereocenters. The average molecular weight is 253 g/mol. The number of nitrogens with zero attached hydrogens (tertiary/aromatic N) is 1. The van der Waals surface area contributed by atoms with E-state index in [-0.39, 0.29) is 0 Å². The van der Waals surface area contributed by atoms with Crippen LogP contribution in [0.3, 0.4) is 0 Å². The van der Waals surface area contributed by atoms with Crippen LogP contribution in [0.15, 0.2) is 36.5 Å². The Morgan fingerprint density at radius 1 is 1.00 bits per heavy atom. The molecule has 3 nitrogen and oxygen atoms in total. The van der Waals surface area contributed by atoms with Gasteiger partial charge in [0.05, 0.1) is 5.69 Å². The Bertz CT molecular complexity index is 524. The minimum absolute atomic E-state index is 0.720. The van der Waals surface area contributed by atoms with Gasteiger partial charge in [0.15, 0.2) is 0 Å². The van der Waals surface area contributed by atoms with Crippen molar-refractivity contribution in [3.63, 3.8) is 0 Å². The van der Waals surface area contributed by atoms with Crippen molar-refractivity contribution in [3.8, 4) is 11.3 Å². The normalized spacial score (nSPS) is 18.8. The van der Waals surface area contributed by atoms with Crippen LogP contribution in [0, 0.1) is 11.8 Å². The van der Waals surface area contributed by atoms with Crippen LogP contribution in [0.1, 0.15) is 25.7 Å². The third kappa shape index (κ3) is 2.37. The number of H-pyrrole nitrogens is 1. The van der Waals surface area contributed by atoms with Gasteiger partial charge < -0.3 is 5.32 Å². The molecule has 2 aliphatic carbocycles. The monoisotopic (exact) mass is 253 g/mol. The van der Waals surface area contributed by atoms with Gasteiger partial charge in [-0.3, -0.25) is 5.10 Å². The van der Waals surface area contributed by atoms with Crippen LogP contribution in [0.25, 0.3) is 11.3 Å². The van der Waals surface area contributed by atoms with E-state index >= 15 is 0 Å². The van der Waals surface area contributed by atoms with Gasteiger partial charge in [-0.1, -0.05) is 12.1 Å². The molecule has 98 valence electrons. The molecule has 2 aromatic rings. The molecule has 1 heterocycles. The average Bonchev–Trinajstić information content (AvgIpc) is 3.37. The number of aromatic amines is 1. The van der Waals surface area contributed by atoms with E-state index in [4.69, 9.17) is 0 Å². The topological polar surface area (TPSA) is 40.7 Å². The van der Waals surface area contributed by atoms with Gasteiger partial charge in [-0.15, -0.1) is 0 Å². The number of anilines is 1. The maximum atomic E-state index is 3.99. The number of rotatable bonds is 5. The summed E-state index contributed by atoms with van der Waals surface area (Å²) in [6.45, 7) is 0. The van der Waals surface area contributed by atoms with Crippen molar-refractivity contribution < 1.29 is 0 Å². The van der Waals surface area contributed by atoms with Crippen LogP contribution in [-0.4, -0.2) is 16.2 Å². The molecule has 0 amide bonds. The van der Waals surface area contributed by atoms with E-state index in [1.807, 2.05) is 6.07 Å². The fourth-order valence-electron chi connectivity index (χ4n) is 2.89. The smallest absolute Gasteiger partial charge is 0.0650 e. The molecule has 2 saturated carbocycles. The molecule has 0 atom stereocenters. The summed E-state index contributed by atoms with van der Waals surface area (Å²) in [4.78, 5) is 0. The van der Waals surface area contributed by atoms with Crippen LogP contribution in [-0.2, 0) is 0 Å². The SMILES string of the molecule is c1cc(-c2ccc(NC(C3CC3)C3CC3)cc2)[nH]n1. The van der Waals surface area contributed by atoms with Gasteiger partial charge in [-0.25, -0.2) is 0 Å². The maximum absolute atomic E-state index is 3.99. The Hall–Kier alpha value is -1.77. The Morgan fingerprint density at radius 2 is 1.68 bits per heavy atom. The van der Waals surface area contributed by atoms with Crippen molar-refractivity contribution in [1.82, 2.24) is 10.2 Å². The van der Waals surface area contributed by atoms with E-state index in [1.54, 1.807) is 6.20 Å². The van der Waals surface area contributed by atoms with Crippen LogP contribution in [0.2, 0.25) is 0 Å². The first kappa shape index (κ1) is 11.1. The molecule has 3 heteroatoms. The first-order chi connectivity index (χ1) is 9.40. The number of nitrogens with one attached hydrogen (secondary N) is 2. The molecule has 0 aliphatic heterocycles. The van der Waals surface area contributed by atoms with Gasteiger partial charge in [0.1, 0.15) is 0 Å². The Kier molecular flexibility index (Phi) is 2.57. The molecule has 19 heavy (non-hydrogen) atoms. The zero-order chi connectivity index (χ0) is 12.7. The maximum Gasteiger partial charge on any atom is 0.0650 e. The van der Waals surface area contributed by atoms with Crippen molar-refractivity contribution in [2.24, 2.45) is 11.8 Å². The summed E-state index contributed by atoms with van der Waals surface area (Å²) in [5, 5.41) is 10.7. The quantitative estimate of drug-likeness (QED) is 0.853. The number of aromatic nitrogens is 2. The van der Waals surface area contributed by atoms with E-state index in [0.29, 0.717) is 0 Å². The predicted molar refractivity (Wildman–Crippen MR) is 76.9 cm³/mol. The molecular weight excluding hydrogens is 234 g/mol. The summed E-state index contributed by atoms with van der Waals surface area (Å²) >= 11 is 0. The molecule has 2 aliphatic rings. The van der Waals surface area contributed by atoms with Crippen molar-refractivity contribution >= 4 is 5.69 Å². The number of benzene rings is 1.